The Balaban J connectivity index is 1.45. The number of piperidine rings is 1. The predicted octanol–water partition coefficient (Wildman–Crippen LogP) is 5.38. The average molecular weight is 568 g/mol. The summed E-state index contributed by atoms with van der Waals surface area (Å²) in [6, 6.07) is 13.5. The number of sulfonamides is 1. The molecule has 7 nitrogen and oxygen atoms in total. The maximum atomic E-state index is 13.8. The van der Waals surface area contributed by atoms with E-state index in [1.807, 2.05) is 23.0 Å². The quantitative estimate of drug-likeness (QED) is 0.325. The minimum atomic E-state index is -3.70. The van der Waals surface area contributed by atoms with Crippen molar-refractivity contribution in [2.24, 2.45) is 5.41 Å². The Morgan fingerprint density at radius 3 is 2.45 bits per heavy atom. The molecule has 214 valence electrons. The van der Waals surface area contributed by atoms with Crippen molar-refractivity contribution in [2.45, 2.75) is 50.3 Å². The molecule has 1 atom stereocenters. The fraction of sp³-hybridized carbons (Fsp3) is 0.452. The van der Waals surface area contributed by atoms with E-state index in [9.17, 15) is 12.8 Å². The van der Waals surface area contributed by atoms with Gasteiger partial charge in [-0.25, -0.2) is 17.5 Å². The van der Waals surface area contributed by atoms with Crippen LogP contribution in [0.1, 0.15) is 50.4 Å². The number of aromatic nitrogens is 2. The third-order valence-corrected chi connectivity index (χ3v) is 9.82. The molecule has 1 aliphatic heterocycles. The van der Waals surface area contributed by atoms with Crippen molar-refractivity contribution >= 4 is 16.1 Å². The van der Waals surface area contributed by atoms with Gasteiger partial charge in [-0.15, -0.1) is 0 Å². The molecule has 1 saturated heterocycles. The van der Waals surface area contributed by atoms with E-state index >= 15 is 0 Å². The highest BCUT2D eigenvalue weighted by atomic mass is 32.2. The van der Waals surface area contributed by atoms with Gasteiger partial charge in [-0.1, -0.05) is 38.5 Å². The van der Waals surface area contributed by atoms with E-state index in [1.165, 1.54) is 12.1 Å². The van der Waals surface area contributed by atoms with Crippen molar-refractivity contribution in [3.8, 4) is 5.69 Å². The van der Waals surface area contributed by atoms with Crippen LogP contribution in [0, 0.1) is 11.2 Å². The largest absolute Gasteiger partial charge is 0.385 e. The first-order valence-corrected chi connectivity index (χ1v) is 15.2. The Morgan fingerprint density at radius 1 is 1.05 bits per heavy atom. The molecule has 1 aliphatic carbocycles. The van der Waals surface area contributed by atoms with E-state index in [0.29, 0.717) is 50.6 Å². The standard InChI is InChI=1S/C31H38FN3O4S/c1-30(2,3)24-6-12-28(13-7-24)40(36,37)34-15-14-25-18-29-23(19-31(25,21-34)22-39-17-5-16-38-4)20-33-35(29)27-10-8-26(32)9-11-27/h6-13,18,20H,5,14-17,19,21-22H2,1-4H3/t31-/m1/s1. The van der Waals surface area contributed by atoms with Crippen LogP contribution in [0.3, 0.4) is 0 Å². The van der Waals surface area contributed by atoms with E-state index < -0.39 is 15.4 Å². The van der Waals surface area contributed by atoms with Crippen molar-refractivity contribution < 1.29 is 22.3 Å². The van der Waals surface area contributed by atoms with Gasteiger partial charge in [-0.3, -0.25) is 0 Å². The maximum Gasteiger partial charge on any atom is 0.243 e. The predicted molar refractivity (Wildman–Crippen MR) is 153 cm³/mol. The molecule has 0 saturated carbocycles. The first-order chi connectivity index (χ1) is 19.0. The first-order valence-electron chi connectivity index (χ1n) is 13.7. The van der Waals surface area contributed by atoms with E-state index in [-0.39, 0.29) is 11.2 Å². The van der Waals surface area contributed by atoms with Crippen molar-refractivity contribution in [2.75, 3.05) is 40.0 Å². The molecule has 2 aromatic carbocycles. The molecule has 9 heteroatoms. The average Bonchev–Trinajstić information content (AvgIpc) is 3.33. The summed E-state index contributed by atoms with van der Waals surface area (Å²) in [4.78, 5) is 0.310. The van der Waals surface area contributed by atoms with Crippen LogP contribution in [0.15, 0.2) is 65.2 Å². The molecule has 40 heavy (non-hydrogen) atoms. The summed E-state index contributed by atoms with van der Waals surface area (Å²) in [7, 11) is -2.03. The number of nitrogens with zero attached hydrogens (tertiary/aromatic N) is 3. The molecule has 3 aromatic rings. The molecule has 1 fully saturated rings. The molecule has 0 amide bonds. The molecule has 0 spiro atoms. The van der Waals surface area contributed by atoms with E-state index in [2.05, 4.69) is 31.9 Å². The summed E-state index contributed by atoms with van der Waals surface area (Å²) >= 11 is 0. The summed E-state index contributed by atoms with van der Waals surface area (Å²) < 4.78 is 56.0. The lowest BCUT2D eigenvalue weighted by Crippen LogP contribution is -2.51. The lowest BCUT2D eigenvalue weighted by atomic mass is 9.69. The molecule has 0 N–H and O–H groups in total. The summed E-state index contributed by atoms with van der Waals surface area (Å²) in [5, 5.41) is 4.61. The molecule has 2 aliphatic rings. The van der Waals surface area contributed by atoms with Gasteiger partial charge in [0.25, 0.3) is 0 Å². The monoisotopic (exact) mass is 567 g/mol. The van der Waals surface area contributed by atoms with E-state index in [1.54, 1.807) is 35.7 Å². The molecule has 1 aromatic heterocycles. The van der Waals surface area contributed by atoms with Crippen LogP contribution in [-0.2, 0) is 31.3 Å². The molecule has 2 heterocycles. The Morgan fingerprint density at radius 2 is 1.77 bits per heavy atom. The van der Waals surface area contributed by atoms with Crippen molar-refractivity contribution in [3.05, 3.63) is 82.9 Å². The minimum absolute atomic E-state index is 0.0600. The van der Waals surface area contributed by atoms with Gasteiger partial charge in [0.2, 0.25) is 10.0 Å². The topological polar surface area (TPSA) is 73.7 Å². The van der Waals surface area contributed by atoms with Crippen LogP contribution in [0.5, 0.6) is 0 Å². The lowest BCUT2D eigenvalue weighted by Gasteiger charge is -2.46. The van der Waals surface area contributed by atoms with Crippen LogP contribution >= 0.6 is 0 Å². The Labute approximate surface area is 236 Å². The third kappa shape index (κ3) is 5.65. The number of hydrogen-bond acceptors (Lipinski definition) is 5. The van der Waals surface area contributed by atoms with Gasteiger partial charge in [0.15, 0.2) is 0 Å². The third-order valence-electron chi connectivity index (χ3n) is 7.96. The van der Waals surface area contributed by atoms with Gasteiger partial charge < -0.3 is 9.47 Å². The Bertz CT molecular complexity index is 1470. The van der Waals surface area contributed by atoms with Crippen LogP contribution in [0.25, 0.3) is 11.8 Å². The van der Waals surface area contributed by atoms with Crippen molar-refractivity contribution in [1.29, 1.82) is 0 Å². The first kappa shape index (κ1) is 28.7. The zero-order valence-electron chi connectivity index (χ0n) is 23.7. The number of benzene rings is 2. The molecule has 0 unspecified atom stereocenters. The number of fused-ring (bicyclic) bond motifs is 2. The number of rotatable bonds is 9. The van der Waals surface area contributed by atoms with Crippen LogP contribution < -0.4 is 0 Å². The van der Waals surface area contributed by atoms with Gasteiger partial charge in [0.1, 0.15) is 5.82 Å². The minimum Gasteiger partial charge on any atom is -0.385 e. The summed E-state index contributed by atoms with van der Waals surface area (Å²) in [5.41, 5.74) is 4.43. The van der Waals surface area contributed by atoms with Gasteiger partial charge in [-0.2, -0.15) is 9.40 Å². The number of ether oxygens (including phenoxy) is 2. The smallest absolute Gasteiger partial charge is 0.243 e. The number of hydrogen-bond donors (Lipinski definition) is 0. The molecular weight excluding hydrogens is 529 g/mol. The van der Waals surface area contributed by atoms with Gasteiger partial charge >= 0.3 is 0 Å². The summed E-state index contributed by atoms with van der Waals surface area (Å²) in [5.74, 6) is -0.297. The maximum absolute atomic E-state index is 13.8. The Kier molecular flexibility index (Phi) is 8.03. The highest BCUT2D eigenvalue weighted by Gasteiger charge is 2.46. The van der Waals surface area contributed by atoms with Crippen molar-refractivity contribution in [1.82, 2.24) is 14.1 Å². The SMILES string of the molecule is COCCCOC[C@]12Cc3cnn(-c4ccc(F)cc4)c3C=C1CCN(S(=O)(=O)c1ccc(C(C)(C)C)cc1)C2. The fourth-order valence-corrected chi connectivity index (χ4v) is 7.19. The normalized spacial score (nSPS) is 19.7. The number of methoxy groups -OCH3 is 1. The molecule has 0 bridgehead atoms. The van der Waals surface area contributed by atoms with Crippen LogP contribution in [-0.4, -0.2) is 62.5 Å². The highest BCUT2D eigenvalue weighted by Crippen LogP contribution is 2.45. The summed E-state index contributed by atoms with van der Waals surface area (Å²) in [6.07, 6.45) is 5.93. The zero-order valence-corrected chi connectivity index (χ0v) is 24.5. The van der Waals surface area contributed by atoms with E-state index in [4.69, 9.17) is 9.47 Å². The van der Waals surface area contributed by atoms with E-state index in [0.717, 1.165) is 34.5 Å². The summed E-state index contributed by atoms with van der Waals surface area (Å²) in [6.45, 7) is 8.59. The Hall–Kier alpha value is -2.85. The van der Waals surface area contributed by atoms with Gasteiger partial charge in [-0.05, 0) is 78.3 Å². The van der Waals surface area contributed by atoms with Gasteiger partial charge in [0, 0.05) is 38.8 Å². The molecule has 0 radical (unpaired) electrons. The van der Waals surface area contributed by atoms with Crippen LogP contribution in [0.2, 0.25) is 0 Å². The second-order valence-corrected chi connectivity index (χ2v) is 13.8. The number of halogens is 1. The molecule has 5 rings (SSSR count). The highest BCUT2D eigenvalue weighted by molar-refractivity contribution is 7.89. The molecular formula is C31H38FN3O4S. The zero-order chi connectivity index (χ0) is 28.5. The second-order valence-electron chi connectivity index (χ2n) is 11.8. The van der Waals surface area contributed by atoms with Crippen LogP contribution in [0.4, 0.5) is 4.39 Å². The fourth-order valence-electron chi connectivity index (χ4n) is 5.67. The second kappa shape index (κ2) is 11.2. The van der Waals surface area contributed by atoms with Crippen molar-refractivity contribution in [3.63, 3.8) is 0 Å². The lowest BCUT2D eigenvalue weighted by molar-refractivity contribution is 0.0317. The van der Waals surface area contributed by atoms with Gasteiger partial charge in [0.05, 0.1) is 29.1 Å².